The third-order valence-corrected chi connectivity index (χ3v) is 6.30. The van der Waals surface area contributed by atoms with Crippen LogP contribution < -0.4 is 10.0 Å². The minimum atomic E-state index is -4.06. The summed E-state index contributed by atoms with van der Waals surface area (Å²) in [5.41, 5.74) is 0.606. The monoisotopic (exact) mass is 436 g/mol. The number of ether oxygens (including phenoxy) is 2. The van der Waals surface area contributed by atoms with E-state index in [1.165, 1.54) is 30.3 Å². The molecule has 2 aromatic rings. The Morgan fingerprint density at radius 3 is 2.77 bits per heavy atom. The summed E-state index contributed by atoms with van der Waals surface area (Å²) >= 11 is 0. The molecular formula is C21H25FN2O5S. The summed E-state index contributed by atoms with van der Waals surface area (Å²) in [6.07, 6.45) is 1.16. The zero-order chi connectivity index (χ0) is 21.7. The highest BCUT2D eigenvalue weighted by molar-refractivity contribution is 7.92. The van der Waals surface area contributed by atoms with Crippen LogP contribution in [0.2, 0.25) is 0 Å². The molecule has 2 N–H and O–H groups in total. The Kier molecular flexibility index (Phi) is 7.06. The lowest BCUT2D eigenvalue weighted by molar-refractivity contribution is -0.128. The Morgan fingerprint density at radius 2 is 2.07 bits per heavy atom. The van der Waals surface area contributed by atoms with Gasteiger partial charge in [-0.05, 0) is 56.5 Å². The maximum atomic E-state index is 13.9. The van der Waals surface area contributed by atoms with Crippen LogP contribution in [0.1, 0.15) is 25.3 Å². The third kappa shape index (κ3) is 5.56. The number of benzene rings is 2. The van der Waals surface area contributed by atoms with E-state index in [0.29, 0.717) is 24.5 Å². The first-order chi connectivity index (χ1) is 14.3. The molecule has 3 rings (SSSR count). The number of amides is 1. The van der Waals surface area contributed by atoms with Crippen LogP contribution in [0.15, 0.2) is 47.4 Å². The van der Waals surface area contributed by atoms with E-state index in [-0.39, 0.29) is 16.7 Å². The van der Waals surface area contributed by atoms with Gasteiger partial charge in [0.25, 0.3) is 15.9 Å². The number of nitrogens with one attached hydrogen (secondary N) is 2. The molecule has 1 aliphatic heterocycles. The number of sulfonamides is 1. The number of para-hydroxylation sites is 1. The Hall–Kier alpha value is -2.49. The summed E-state index contributed by atoms with van der Waals surface area (Å²) in [5, 5.41) is 2.66. The molecule has 0 aromatic heterocycles. The maximum absolute atomic E-state index is 13.9. The quantitative estimate of drug-likeness (QED) is 0.661. The van der Waals surface area contributed by atoms with E-state index < -0.39 is 27.9 Å². The maximum Gasteiger partial charge on any atom is 0.262 e. The lowest BCUT2D eigenvalue weighted by atomic mass is 10.2. The van der Waals surface area contributed by atoms with E-state index >= 15 is 0 Å². The average molecular weight is 437 g/mol. The standard InChI is InChI=1S/C21H25FN2O5S/c1-14-9-10-16(23-21(25)15(2)29-13-17-6-5-11-28-17)12-20(14)30(26,27)24-19-8-4-3-7-18(19)22/h3-4,7-10,12,15,17,24H,5-6,11,13H2,1-2H3,(H,23,25). The Morgan fingerprint density at radius 1 is 1.30 bits per heavy atom. The van der Waals surface area contributed by atoms with Gasteiger partial charge in [0.05, 0.1) is 23.3 Å². The molecule has 9 heteroatoms. The molecule has 0 radical (unpaired) electrons. The van der Waals surface area contributed by atoms with Gasteiger partial charge in [-0.3, -0.25) is 9.52 Å². The highest BCUT2D eigenvalue weighted by atomic mass is 32.2. The van der Waals surface area contributed by atoms with Crippen LogP contribution in [-0.4, -0.2) is 39.7 Å². The van der Waals surface area contributed by atoms with Crippen molar-refractivity contribution in [3.05, 3.63) is 53.8 Å². The molecule has 0 aliphatic carbocycles. The summed E-state index contributed by atoms with van der Waals surface area (Å²) in [6.45, 7) is 4.27. The van der Waals surface area contributed by atoms with E-state index in [2.05, 4.69) is 10.0 Å². The van der Waals surface area contributed by atoms with E-state index in [9.17, 15) is 17.6 Å². The molecule has 1 fully saturated rings. The van der Waals surface area contributed by atoms with E-state index in [1.54, 1.807) is 26.0 Å². The molecule has 1 amide bonds. The predicted octanol–water partition coefficient (Wildman–Crippen LogP) is 3.46. The third-order valence-electron chi connectivity index (χ3n) is 4.79. The summed E-state index contributed by atoms with van der Waals surface area (Å²) in [4.78, 5) is 12.3. The first-order valence-electron chi connectivity index (χ1n) is 9.68. The van der Waals surface area contributed by atoms with Crippen molar-refractivity contribution in [1.82, 2.24) is 0 Å². The number of hydrogen-bond acceptors (Lipinski definition) is 5. The largest absolute Gasteiger partial charge is 0.376 e. The zero-order valence-electron chi connectivity index (χ0n) is 16.9. The highest BCUT2D eigenvalue weighted by Crippen LogP contribution is 2.24. The van der Waals surface area contributed by atoms with Crippen LogP contribution in [0, 0.1) is 12.7 Å². The van der Waals surface area contributed by atoms with Crippen LogP contribution in [0.3, 0.4) is 0 Å². The van der Waals surface area contributed by atoms with Gasteiger partial charge in [-0.15, -0.1) is 0 Å². The lowest BCUT2D eigenvalue weighted by Gasteiger charge is -2.17. The number of halogens is 1. The van der Waals surface area contributed by atoms with Crippen LogP contribution in [0.25, 0.3) is 0 Å². The average Bonchev–Trinajstić information content (AvgIpc) is 3.22. The highest BCUT2D eigenvalue weighted by Gasteiger charge is 2.22. The second-order valence-electron chi connectivity index (χ2n) is 7.17. The van der Waals surface area contributed by atoms with Crippen molar-refractivity contribution >= 4 is 27.3 Å². The fourth-order valence-electron chi connectivity index (χ4n) is 3.06. The summed E-state index contributed by atoms with van der Waals surface area (Å²) in [5.74, 6) is -1.08. The normalized spacial score (nSPS) is 17.5. The van der Waals surface area contributed by atoms with Crippen LogP contribution in [0.4, 0.5) is 15.8 Å². The minimum absolute atomic E-state index is 0.000766. The molecule has 2 unspecified atom stereocenters. The zero-order valence-corrected chi connectivity index (χ0v) is 17.7. The number of carbonyl (C=O) groups is 1. The molecule has 2 atom stereocenters. The SMILES string of the molecule is Cc1ccc(NC(=O)C(C)OCC2CCCO2)cc1S(=O)(=O)Nc1ccccc1F. The fraction of sp³-hybridized carbons (Fsp3) is 0.381. The number of carbonyl (C=O) groups excluding carboxylic acids is 1. The summed E-state index contributed by atoms with van der Waals surface area (Å²) in [6, 6.07) is 10.0. The van der Waals surface area contributed by atoms with E-state index in [1.807, 2.05) is 0 Å². The number of hydrogen-bond donors (Lipinski definition) is 2. The van der Waals surface area contributed by atoms with Crippen LogP contribution in [-0.2, 0) is 24.3 Å². The van der Waals surface area contributed by atoms with Crippen molar-refractivity contribution < 1.29 is 27.1 Å². The van der Waals surface area contributed by atoms with Gasteiger partial charge >= 0.3 is 0 Å². The molecule has 0 bridgehead atoms. The van der Waals surface area contributed by atoms with Gasteiger partial charge in [-0.25, -0.2) is 12.8 Å². The molecule has 162 valence electrons. The van der Waals surface area contributed by atoms with Gasteiger partial charge in [0.15, 0.2) is 0 Å². The fourth-order valence-corrected chi connectivity index (χ4v) is 4.40. The van der Waals surface area contributed by atoms with Crippen LogP contribution >= 0.6 is 0 Å². The summed E-state index contributed by atoms with van der Waals surface area (Å²) < 4.78 is 52.7. The Bertz CT molecular complexity index is 1010. The smallest absolute Gasteiger partial charge is 0.262 e. The predicted molar refractivity (Wildman–Crippen MR) is 111 cm³/mol. The van der Waals surface area contributed by atoms with Crippen molar-refractivity contribution in [2.24, 2.45) is 0 Å². The molecule has 0 saturated carbocycles. The molecule has 1 heterocycles. The number of aryl methyl sites for hydroxylation is 1. The number of rotatable bonds is 8. The molecule has 30 heavy (non-hydrogen) atoms. The van der Waals surface area contributed by atoms with Gasteiger partial charge in [0.1, 0.15) is 11.9 Å². The first kappa shape index (κ1) is 22.2. The molecule has 2 aromatic carbocycles. The van der Waals surface area contributed by atoms with Gasteiger partial charge in [0.2, 0.25) is 0 Å². The Balaban J connectivity index is 1.69. The first-order valence-corrected chi connectivity index (χ1v) is 11.2. The van der Waals surface area contributed by atoms with Gasteiger partial charge in [0, 0.05) is 12.3 Å². The van der Waals surface area contributed by atoms with Crippen molar-refractivity contribution in [2.45, 2.75) is 43.8 Å². The van der Waals surface area contributed by atoms with Crippen molar-refractivity contribution in [3.63, 3.8) is 0 Å². The second kappa shape index (κ2) is 9.55. The minimum Gasteiger partial charge on any atom is -0.376 e. The van der Waals surface area contributed by atoms with Crippen molar-refractivity contribution in [1.29, 1.82) is 0 Å². The molecule has 0 spiro atoms. The topological polar surface area (TPSA) is 93.7 Å². The van der Waals surface area contributed by atoms with Crippen molar-refractivity contribution in [3.8, 4) is 0 Å². The van der Waals surface area contributed by atoms with Crippen molar-refractivity contribution in [2.75, 3.05) is 23.3 Å². The number of anilines is 2. The van der Waals surface area contributed by atoms with Gasteiger partial charge in [-0.1, -0.05) is 18.2 Å². The Labute approximate surface area is 175 Å². The van der Waals surface area contributed by atoms with E-state index in [0.717, 1.165) is 12.8 Å². The lowest BCUT2D eigenvalue weighted by Crippen LogP contribution is -2.30. The molecular weight excluding hydrogens is 411 g/mol. The van der Waals surface area contributed by atoms with Gasteiger partial charge in [-0.2, -0.15) is 0 Å². The summed E-state index contributed by atoms with van der Waals surface area (Å²) in [7, 11) is -4.06. The molecule has 1 aliphatic rings. The molecule has 1 saturated heterocycles. The van der Waals surface area contributed by atoms with Gasteiger partial charge < -0.3 is 14.8 Å². The molecule has 7 nitrogen and oxygen atoms in total. The van der Waals surface area contributed by atoms with Crippen LogP contribution in [0.5, 0.6) is 0 Å². The van der Waals surface area contributed by atoms with E-state index in [4.69, 9.17) is 9.47 Å². The second-order valence-corrected chi connectivity index (χ2v) is 8.82.